The van der Waals surface area contributed by atoms with E-state index >= 15 is 0 Å². The van der Waals surface area contributed by atoms with Crippen molar-refractivity contribution in [1.82, 2.24) is 4.57 Å². The highest BCUT2D eigenvalue weighted by Gasteiger charge is 2.74. The number of fused-ring (bicyclic) bond motifs is 8. The molecule has 2 fully saturated rings. The molecule has 16 rings (SSSR count). The number of aromatic nitrogens is 1. The van der Waals surface area contributed by atoms with Crippen molar-refractivity contribution in [2.24, 2.45) is 17.3 Å². The molecule has 5 aliphatic carbocycles. The zero-order chi connectivity index (χ0) is 50.6. The number of rotatable bonds is 9. The van der Waals surface area contributed by atoms with Crippen molar-refractivity contribution >= 4 is 44.4 Å². The number of para-hydroxylation sites is 3. The van der Waals surface area contributed by atoms with Crippen LogP contribution in [0.15, 0.2) is 267 Å². The van der Waals surface area contributed by atoms with Gasteiger partial charge in [0.1, 0.15) is 11.9 Å². The molecule has 1 saturated heterocycles. The van der Waals surface area contributed by atoms with Gasteiger partial charge in [-0.1, -0.05) is 188 Å². The molecule has 3 heterocycles. The molecule has 0 radical (unpaired) electrons. The minimum Gasteiger partial charge on any atom is -0.484 e. The van der Waals surface area contributed by atoms with Crippen LogP contribution in [0.5, 0.6) is 5.75 Å². The Bertz CT molecular complexity index is 4150. The Morgan fingerprint density at radius 1 is 0.519 bits per heavy atom. The number of hydrogen-bond acceptors (Lipinski definition) is 3. The predicted octanol–water partition coefficient (Wildman–Crippen LogP) is 17.1. The average Bonchev–Trinajstić information content (AvgIpc) is 3.57. The molecule has 9 aromatic rings. The lowest BCUT2D eigenvalue weighted by Crippen LogP contribution is -2.37. The molecule has 7 aliphatic rings. The van der Waals surface area contributed by atoms with Crippen LogP contribution < -0.4 is 14.5 Å². The normalized spacial score (nSPS) is 23.5. The third kappa shape index (κ3) is 6.93. The predicted molar refractivity (Wildman–Crippen MR) is 318 cm³/mol. The number of nitrogens with zero attached hydrogens (tertiary/aromatic N) is 3. The van der Waals surface area contributed by atoms with Crippen LogP contribution in [0.2, 0.25) is 0 Å². The summed E-state index contributed by atoms with van der Waals surface area (Å²) < 4.78 is 8.94. The second-order valence-electron chi connectivity index (χ2n) is 21.7. The molecule has 77 heavy (non-hydrogen) atoms. The summed E-state index contributed by atoms with van der Waals surface area (Å²) in [7, 11) is 0. The number of allylic oxidation sites excluding steroid dienone is 9. The number of anilines is 3. The van der Waals surface area contributed by atoms with Crippen molar-refractivity contribution in [1.29, 1.82) is 0 Å². The van der Waals surface area contributed by atoms with Gasteiger partial charge < -0.3 is 19.1 Å². The van der Waals surface area contributed by atoms with E-state index in [1.54, 1.807) is 0 Å². The molecule has 7 atom stereocenters. The first-order valence-corrected chi connectivity index (χ1v) is 27.3. The zero-order valence-electron chi connectivity index (χ0n) is 42.5. The molecule has 0 bridgehead atoms. The molecule has 2 aliphatic heterocycles. The van der Waals surface area contributed by atoms with E-state index in [1.165, 1.54) is 61.0 Å². The molecule has 8 aromatic carbocycles. The number of hydrogen-bond donors (Lipinski definition) is 0. The van der Waals surface area contributed by atoms with Crippen LogP contribution in [0.1, 0.15) is 29.9 Å². The Kier molecular flexibility index (Phi) is 9.94. The van der Waals surface area contributed by atoms with Gasteiger partial charge in [0, 0.05) is 73.6 Å². The minimum atomic E-state index is -0.0378. The van der Waals surface area contributed by atoms with Crippen LogP contribution in [0.3, 0.4) is 0 Å². The van der Waals surface area contributed by atoms with E-state index in [1.807, 2.05) is 6.08 Å². The monoisotopic (exact) mass is 987 g/mol. The van der Waals surface area contributed by atoms with Gasteiger partial charge in [-0.15, -0.1) is 0 Å². The summed E-state index contributed by atoms with van der Waals surface area (Å²) in [5.41, 5.74) is 19.4. The van der Waals surface area contributed by atoms with Gasteiger partial charge in [0.2, 0.25) is 0 Å². The Morgan fingerprint density at radius 3 is 1.94 bits per heavy atom. The third-order valence-corrected chi connectivity index (χ3v) is 17.7. The first-order valence-electron chi connectivity index (χ1n) is 27.3. The summed E-state index contributed by atoms with van der Waals surface area (Å²) in [6.07, 6.45) is 29.4. The Balaban J connectivity index is 0.738. The Labute approximate surface area is 449 Å². The quantitative estimate of drug-likeness (QED) is 0.134. The largest absolute Gasteiger partial charge is 0.484 e. The molecule has 4 heteroatoms. The molecule has 4 nitrogen and oxygen atoms in total. The summed E-state index contributed by atoms with van der Waals surface area (Å²) in [5.74, 6) is 8.62. The van der Waals surface area contributed by atoms with E-state index in [4.69, 9.17) is 4.74 Å². The van der Waals surface area contributed by atoms with Crippen molar-refractivity contribution in [2.45, 2.75) is 36.9 Å². The van der Waals surface area contributed by atoms with E-state index in [0.717, 1.165) is 57.9 Å². The van der Waals surface area contributed by atoms with Crippen LogP contribution in [-0.2, 0) is 0 Å². The number of benzene rings is 8. The first kappa shape index (κ1) is 44.0. The van der Waals surface area contributed by atoms with Crippen LogP contribution in [0.4, 0.5) is 17.1 Å². The highest BCUT2D eigenvalue weighted by Crippen LogP contribution is 2.71. The second kappa shape index (κ2) is 17.4. The SMILES string of the molecule is C1#CC2c3cccc(-c4cccc(-c5ccc(N(C6=CC=C(c7cccc(N8C9C=CC=CC9C9%10C=CC=CC9C8%10)c7)CC6)c6ccc(-c7cccc(-n8c9ccccc9c9ccccc98)c7)cc6)cc5)c4)c3OC2C=C1. The Morgan fingerprint density at radius 2 is 1.17 bits per heavy atom. The van der Waals surface area contributed by atoms with Crippen LogP contribution in [-0.4, -0.2) is 22.8 Å². The van der Waals surface area contributed by atoms with Gasteiger partial charge in [-0.2, -0.15) is 0 Å². The fraction of sp³-hybridized carbons (Fsp3) is 0.123. The van der Waals surface area contributed by atoms with Gasteiger partial charge in [-0.25, -0.2) is 0 Å². The van der Waals surface area contributed by atoms with Crippen molar-refractivity contribution < 1.29 is 4.74 Å². The number of ether oxygens (including phenoxy) is 1. The standard InChI is InChI=1S/C73H53N3O/c1-5-28-67-61(21-1)62-22-2-6-29-68(62)75(67)58-19-12-16-52(46-58)49-34-40-56(41-35-49)74(55-38-32-48(33-39-55)51-15-11-18-54(45-51)60-24-14-25-64-63-23-3-8-31-70(63)77-71(60)64)57-42-36-50(37-43-57)53-17-13-20-59(47-53)76-69-30-7-4-26-65(69)73-44-10-9-27-66(73)72(73)76/h1-2,4-22,24-36,38-42,44-47,63,65-66,69-70,72H,37,43H2. The molecular formula is C73H53N3O. The maximum absolute atomic E-state index is 6.55. The lowest BCUT2D eigenvalue weighted by Gasteiger charge is -2.34. The molecule has 0 N–H and O–H groups in total. The summed E-state index contributed by atoms with van der Waals surface area (Å²) >= 11 is 0. The van der Waals surface area contributed by atoms with Crippen molar-refractivity contribution in [3.05, 3.63) is 278 Å². The fourth-order valence-corrected chi connectivity index (χ4v) is 14.1. The van der Waals surface area contributed by atoms with Gasteiger partial charge in [-0.3, -0.25) is 0 Å². The van der Waals surface area contributed by atoms with Gasteiger partial charge in [0.15, 0.2) is 0 Å². The molecule has 7 unspecified atom stereocenters. The van der Waals surface area contributed by atoms with E-state index in [2.05, 4.69) is 281 Å². The van der Waals surface area contributed by atoms with E-state index in [-0.39, 0.29) is 17.4 Å². The fourth-order valence-electron chi connectivity index (χ4n) is 14.1. The zero-order valence-corrected chi connectivity index (χ0v) is 42.5. The smallest absolute Gasteiger partial charge is 0.136 e. The van der Waals surface area contributed by atoms with Crippen LogP contribution >= 0.6 is 0 Å². The lowest BCUT2D eigenvalue weighted by molar-refractivity contribution is 0.273. The molecular weight excluding hydrogens is 935 g/mol. The highest BCUT2D eigenvalue weighted by atomic mass is 16.5. The van der Waals surface area contributed by atoms with Crippen LogP contribution in [0.25, 0.3) is 66.4 Å². The summed E-state index contributed by atoms with van der Waals surface area (Å²) in [5, 5.41) is 2.53. The second-order valence-corrected chi connectivity index (χ2v) is 21.7. The van der Waals surface area contributed by atoms with E-state index < -0.39 is 0 Å². The molecule has 1 aromatic heterocycles. The third-order valence-electron chi connectivity index (χ3n) is 17.7. The van der Waals surface area contributed by atoms with Gasteiger partial charge >= 0.3 is 0 Å². The van der Waals surface area contributed by atoms with Crippen molar-refractivity contribution in [2.75, 3.05) is 9.80 Å². The summed E-state index contributed by atoms with van der Waals surface area (Å²) in [4.78, 5) is 5.20. The maximum Gasteiger partial charge on any atom is 0.136 e. The number of piperidine rings is 1. The summed E-state index contributed by atoms with van der Waals surface area (Å²) in [6.45, 7) is 0. The summed E-state index contributed by atoms with van der Waals surface area (Å²) in [6, 6.07) is 70.3. The first-order chi connectivity index (χ1) is 38.2. The Hall–Kier alpha value is -9.30. The molecule has 1 saturated carbocycles. The van der Waals surface area contributed by atoms with Gasteiger partial charge in [0.05, 0.1) is 23.0 Å². The van der Waals surface area contributed by atoms with Gasteiger partial charge in [0.25, 0.3) is 0 Å². The lowest BCUT2D eigenvalue weighted by atomic mass is 9.79. The molecule has 1 spiro atoms. The average molecular weight is 988 g/mol. The van der Waals surface area contributed by atoms with E-state index in [9.17, 15) is 0 Å². The topological polar surface area (TPSA) is 20.6 Å². The van der Waals surface area contributed by atoms with Crippen molar-refractivity contribution in [3.8, 4) is 56.7 Å². The highest BCUT2D eigenvalue weighted by molar-refractivity contribution is 6.09. The van der Waals surface area contributed by atoms with Crippen LogP contribution in [0, 0.1) is 29.1 Å². The molecule has 0 amide bonds. The molecule has 366 valence electrons. The van der Waals surface area contributed by atoms with E-state index in [0.29, 0.717) is 23.9 Å². The maximum atomic E-state index is 6.55. The van der Waals surface area contributed by atoms with Crippen molar-refractivity contribution in [3.63, 3.8) is 0 Å². The van der Waals surface area contributed by atoms with Gasteiger partial charge in [-0.05, 0) is 137 Å². The minimum absolute atomic E-state index is 0.0378.